The molecular weight excluding hydrogens is 186 g/mol. The van der Waals surface area contributed by atoms with Crippen molar-refractivity contribution in [2.45, 2.75) is 6.04 Å². The maximum atomic E-state index is 13.3. The van der Waals surface area contributed by atoms with E-state index < -0.39 is 19.0 Å². The van der Waals surface area contributed by atoms with Crippen molar-refractivity contribution in [3.8, 4) is 0 Å². The minimum absolute atomic E-state index is 0.0930. The smallest absolute Gasteiger partial charge is 0.423 e. The molecule has 1 unspecified atom stereocenters. The van der Waals surface area contributed by atoms with E-state index in [4.69, 9.17) is 21.5 Å². The van der Waals surface area contributed by atoms with Gasteiger partial charge >= 0.3 is 7.12 Å². The summed E-state index contributed by atoms with van der Waals surface area (Å²) in [5.41, 5.74) is 11.2. The van der Waals surface area contributed by atoms with Gasteiger partial charge in [0, 0.05) is 18.2 Å². The molecule has 0 saturated heterocycles. The Balaban J connectivity index is 3.01. The lowest BCUT2D eigenvalue weighted by molar-refractivity contribution is 0.425. The zero-order valence-electron chi connectivity index (χ0n) is 7.52. The zero-order chi connectivity index (χ0) is 10.7. The van der Waals surface area contributed by atoms with E-state index in [0.29, 0.717) is 0 Å². The molecule has 0 aliphatic heterocycles. The lowest BCUT2D eigenvalue weighted by Gasteiger charge is -2.11. The maximum absolute atomic E-state index is 13.3. The first-order valence-corrected chi connectivity index (χ1v) is 4.17. The first-order valence-electron chi connectivity index (χ1n) is 4.17. The fourth-order valence-corrected chi connectivity index (χ4v) is 1.13. The van der Waals surface area contributed by atoms with E-state index in [9.17, 15) is 4.39 Å². The highest BCUT2D eigenvalue weighted by Crippen LogP contribution is 2.12. The fourth-order valence-electron chi connectivity index (χ4n) is 1.13. The third kappa shape index (κ3) is 2.30. The third-order valence-corrected chi connectivity index (χ3v) is 1.98. The van der Waals surface area contributed by atoms with Gasteiger partial charge < -0.3 is 21.5 Å². The predicted molar refractivity (Wildman–Crippen MR) is 52.2 cm³/mol. The Bertz CT molecular complexity index is 322. The molecule has 1 aromatic rings. The van der Waals surface area contributed by atoms with Crippen LogP contribution in [0.15, 0.2) is 18.2 Å². The SMILES string of the molecule is NCC(N)c1ccc(B(O)O)cc1F. The maximum Gasteiger partial charge on any atom is 0.488 e. The summed E-state index contributed by atoms with van der Waals surface area (Å²) < 4.78 is 13.3. The molecule has 0 heterocycles. The molecular formula is C8H12BFN2O2. The molecule has 0 aliphatic carbocycles. The number of rotatable bonds is 3. The standard InChI is InChI=1S/C8H12BFN2O2/c10-7-3-5(9(13)14)1-2-6(7)8(12)4-11/h1-3,8,13-14H,4,11-12H2. The molecule has 1 rings (SSSR count). The van der Waals surface area contributed by atoms with Gasteiger partial charge in [-0.05, 0) is 11.5 Å². The molecule has 1 atom stereocenters. The van der Waals surface area contributed by atoms with E-state index in [-0.39, 0.29) is 17.6 Å². The van der Waals surface area contributed by atoms with Crippen molar-refractivity contribution in [1.29, 1.82) is 0 Å². The van der Waals surface area contributed by atoms with Gasteiger partial charge in [0.1, 0.15) is 5.82 Å². The Morgan fingerprint density at radius 1 is 1.43 bits per heavy atom. The molecule has 0 spiro atoms. The summed E-state index contributed by atoms with van der Waals surface area (Å²) in [7, 11) is -1.67. The van der Waals surface area contributed by atoms with Crippen molar-refractivity contribution in [3.05, 3.63) is 29.6 Å². The van der Waals surface area contributed by atoms with Crippen molar-refractivity contribution in [3.63, 3.8) is 0 Å². The summed E-state index contributed by atoms with van der Waals surface area (Å²) in [6, 6.07) is 3.27. The molecule has 1 aromatic carbocycles. The van der Waals surface area contributed by atoms with Crippen LogP contribution in [0.5, 0.6) is 0 Å². The fraction of sp³-hybridized carbons (Fsp3) is 0.250. The third-order valence-electron chi connectivity index (χ3n) is 1.98. The van der Waals surface area contributed by atoms with Gasteiger partial charge in [0.05, 0.1) is 0 Å². The van der Waals surface area contributed by atoms with Gasteiger partial charge in [-0.15, -0.1) is 0 Å². The van der Waals surface area contributed by atoms with E-state index in [1.165, 1.54) is 12.1 Å². The highest BCUT2D eigenvalue weighted by molar-refractivity contribution is 6.58. The van der Waals surface area contributed by atoms with Crippen LogP contribution in [0, 0.1) is 5.82 Å². The van der Waals surface area contributed by atoms with Crippen LogP contribution < -0.4 is 16.9 Å². The van der Waals surface area contributed by atoms with E-state index >= 15 is 0 Å². The average molecular weight is 198 g/mol. The molecule has 76 valence electrons. The van der Waals surface area contributed by atoms with Crippen molar-refractivity contribution < 1.29 is 14.4 Å². The summed E-state index contributed by atoms with van der Waals surface area (Å²) in [5, 5.41) is 17.5. The van der Waals surface area contributed by atoms with Gasteiger partial charge in [0.25, 0.3) is 0 Å². The lowest BCUT2D eigenvalue weighted by atomic mass is 9.79. The Morgan fingerprint density at radius 2 is 2.07 bits per heavy atom. The van der Waals surface area contributed by atoms with Crippen LogP contribution in [0.3, 0.4) is 0 Å². The van der Waals surface area contributed by atoms with Crippen molar-refractivity contribution in [2.75, 3.05) is 6.54 Å². The van der Waals surface area contributed by atoms with Crippen LogP contribution in [0.1, 0.15) is 11.6 Å². The molecule has 14 heavy (non-hydrogen) atoms. The monoisotopic (exact) mass is 198 g/mol. The molecule has 0 aromatic heterocycles. The number of hydrogen-bond acceptors (Lipinski definition) is 4. The van der Waals surface area contributed by atoms with E-state index in [0.717, 1.165) is 6.07 Å². The van der Waals surface area contributed by atoms with Crippen LogP contribution in [0.4, 0.5) is 4.39 Å². The second-order valence-electron chi connectivity index (χ2n) is 3.00. The van der Waals surface area contributed by atoms with Crippen molar-refractivity contribution in [2.24, 2.45) is 11.5 Å². The van der Waals surface area contributed by atoms with Crippen molar-refractivity contribution >= 4 is 12.6 Å². The van der Waals surface area contributed by atoms with Crippen LogP contribution in [0.25, 0.3) is 0 Å². The van der Waals surface area contributed by atoms with Gasteiger partial charge in [0.15, 0.2) is 0 Å². The summed E-state index contributed by atoms with van der Waals surface area (Å²) in [4.78, 5) is 0. The van der Waals surface area contributed by atoms with Crippen LogP contribution >= 0.6 is 0 Å². The van der Waals surface area contributed by atoms with Gasteiger partial charge in [-0.2, -0.15) is 0 Å². The number of nitrogens with two attached hydrogens (primary N) is 2. The van der Waals surface area contributed by atoms with Gasteiger partial charge in [-0.3, -0.25) is 0 Å². The van der Waals surface area contributed by atoms with Crippen LogP contribution in [0.2, 0.25) is 0 Å². The molecule has 0 aliphatic rings. The Labute approximate surface area is 81.5 Å². The molecule has 0 saturated carbocycles. The molecule has 6 heteroatoms. The summed E-state index contributed by atoms with van der Waals surface area (Å²) >= 11 is 0. The Kier molecular flexibility index (Phi) is 3.59. The molecule has 0 amide bonds. The largest absolute Gasteiger partial charge is 0.488 e. The Morgan fingerprint density at radius 3 is 2.50 bits per heavy atom. The quantitative estimate of drug-likeness (QED) is 0.443. The highest BCUT2D eigenvalue weighted by atomic mass is 19.1. The normalized spacial score (nSPS) is 12.6. The van der Waals surface area contributed by atoms with E-state index in [1.807, 2.05) is 0 Å². The molecule has 0 radical (unpaired) electrons. The topological polar surface area (TPSA) is 92.5 Å². The minimum atomic E-state index is -1.67. The second-order valence-corrected chi connectivity index (χ2v) is 3.00. The molecule has 4 nitrogen and oxygen atoms in total. The minimum Gasteiger partial charge on any atom is -0.423 e. The number of benzene rings is 1. The van der Waals surface area contributed by atoms with Gasteiger partial charge in [0.2, 0.25) is 0 Å². The number of halogens is 1. The molecule has 0 fully saturated rings. The molecule has 0 bridgehead atoms. The summed E-state index contributed by atoms with van der Waals surface area (Å²) in [5.74, 6) is -0.575. The zero-order valence-corrected chi connectivity index (χ0v) is 7.52. The summed E-state index contributed by atoms with van der Waals surface area (Å²) in [6.45, 7) is 0.137. The first kappa shape index (κ1) is 11.1. The van der Waals surface area contributed by atoms with Crippen LogP contribution in [-0.4, -0.2) is 23.7 Å². The van der Waals surface area contributed by atoms with Crippen molar-refractivity contribution in [1.82, 2.24) is 0 Å². The second kappa shape index (κ2) is 4.52. The van der Waals surface area contributed by atoms with Gasteiger partial charge in [-0.25, -0.2) is 4.39 Å². The lowest BCUT2D eigenvalue weighted by Crippen LogP contribution is -2.31. The van der Waals surface area contributed by atoms with Crippen LogP contribution in [-0.2, 0) is 0 Å². The average Bonchev–Trinajstić information content (AvgIpc) is 2.16. The Hall–Kier alpha value is -0.945. The highest BCUT2D eigenvalue weighted by Gasteiger charge is 2.15. The molecule has 6 N–H and O–H groups in total. The van der Waals surface area contributed by atoms with E-state index in [1.54, 1.807) is 0 Å². The first-order chi connectivity index (χ1) is 6.56. The predicted octanol–water partition coefficient (Wildman–Crippen LogP) is -1.54. The van der Waals surface area contributed by atoms with E-state index in [2.05, 4.69) is 0 Å². The van der Waals surface area contributed by atoms with Gasteiger partial charge in [-0.1, -0.05) is 12.1 Å². The summed E-state index contributed by atoms with van der Waals surface area (Å²) in [6.07, 6.45) is 0. The number of hydrogen-bond donors (Lipinski definition) is 4.